The topological polar surface area (TPSA) is 41.6 Å². The van der Waals surface area contributed by atoms with Crippen LogP contribution in [0.3, 0.4) is 0 Å². The molecule has 1 aliphatic heterocycles. The van der Waals surface area contributed by atoms with Crippen LogP contribution in [-0.2, 0) is 16.1 Å². The van der Waals surface area contributed by atoms with Crippen molar-refractivity contribution in [2.45, 2.75) is 25.4 Å². The lowest BCUT2D eigenvalue weighted by Gasteiger charge is -2.30. The van der Waals surface area contributed by atoms with E-state index in [1.807, 2.05) is 49.4 Å². The Kier molecular flexibility index (Phi) is 5.61. The van der Waals surface area contributed by atoms with E-state index >= 15 is 0 Å². The fraction of sp³-hybridized carbons (Fsp3) is 0.350. The molecule has 0 aromatic heterocycles. The fourth-order valence-electron chi connectivity index (χ4n) is 3.27. The van der Waals surface area contributed by atoms with Crippen LogP contribution in [0.2, 0.25) is 5.02 Å². The van der Waals surface area contributed by atoms with Crippen LogP contribution in [0.1, 0.15) is 18.9 Å². The van der Waals surface area contributed by atoms with Gasteiger partial charge in [-0.1, -0.05) is 54.1 Å². The van der Waals surface area contributed by atoms with Gasteiger partial charge in [0.25, 0.3) is 0 Å². The molecule has 1 aliphatic rings. The number of carbonyl (C=O) groups excluding carboxylic acids is 1. The first-order valence-corrected chi connectivity index (χ1v) is 8.97. The Morgan fingerprint density at radius 1 is 1.20 bits per heavy atom. The molecule has 4 nitrogen and oxygen atoms in total. The second-order valence-electron chi connectivity index (χ2n) is 6.35. The van der Waals surface area contributed by atoms with Gasteiger partial charge in [0.2, 0.25) is 0 Å². The fourth-order valence-corrected chi connectivity index (χ4v) is 3.46. The predicted octanol–water partition coefficient (Wildman–Crippen LogP) is 3.96. The van der Waals surface area contributed by atoms with E-state index in [1.165, 1.54) is 5.56 Å². The highest BCUT2D eigenvalue weighted by Gasteiger charge is 2.46. The van der Waals surface area contributed by atoms with Gasteiger partial charge in [0, 0.05) is 19.6 Å². The van der Waals surface area contributed by atoms with Gasteiger partial charge in [-0.3, -0.25) is 4.90 Å². The summed E-state index contributed by atoms with van der Waals surface area (Å²) in [5.41, 5.74) is 1.23. The highest BCUT2D eigenvalue weighted by Crippen LogP contribution is 2.32. The summed E-state index contributed by atoms with van der Waals surface area (Å²) in [6, 6.07) is 17.8. The van der Waals surface area contributed by atoms with Crippen molar-refractivity contribution in [1.82, 2.24) is 4.90 Å². The zero-order valence-corrected chi connectivity index (χ0v) is 15.1. The van der Waals surface area contributed by atoms with Crippen LogP contribution in [0.5, 0.6) is 0 Å². The lowest BCUT2D eigenvalue weighted by Crippen LogP contribution is -2.49. The molecular weight excluding hydrogens is 336 g/mol. The smallest absolute Gasteiger partial charge is 0.333 e. The summed E-state index contributed by atoms with van der Waals surface area (Å²) < 4.78 is 5.37. The van der Waals surface area contributed by atoms with Crippen LogP contribution < -0.4 is 5.32 Å². The van der Waals surface area contributed by atoms with Crippen molar-refractivity contribution in [2.24, 2.45) is 0 Å². The second-order valence-corrected chi connectivity index (χ2v) is 6.76. The number of para-hydroxylation sites is 1. The van der Waals surface area contributed by atoms with Gasteiger partial charge >= 0.3 is 5.97 Å². The van der Waals surface area contributed by atoms with Crippen molar-refractivity contribution in [3.8, 4) is 0 Å². The Morgan fingerprint density at radius 3 is 2.64 bits per heavy atom. The molecule has 0 aliphatic carbocycles. The Morgan fingerprint density at radius 2 is 1.92 bits per heavy atom. The van der Waals surface area contributed by atoms with Crippen LogP contribution >= 0.6 is 11.6 Å². The molecule has 1 unspecified atom stereocenters. The van der Waals surface area contributed by atoms with Gasteiger partial charge in [0.15, 0.2) is 0 Å². The largest absolute Gasteiger partial charge is 0.464 e. The van der Waals surface area contributed by atoms with Gasteiger partial charge in [-0.2, -0.15) is 0 Å². The minimum atomic E-state index is -0.768. The van der Waals surface area contributed by atoms with E-state index in [9.17, 15) is 4.79 Å². The van der Waals surface area contributed by atoms with Crippen molar-refractivity contribution in [1.29, 1.82) is 0 Å². The summed E-state index contributed by atoms with van der Waals surface area (Å²) in [5.74, 6) is -0.217. The molecule has 25 heavy (non-hydrogen) atoms. The lowest BCUT2D eigenvalue weighted by molar-refractivity contribution is -0.148. The zero-order valence-electron chi connectivity index (χ0n) is 14.4. The molecule has 2 aromatic carbocycles. The van der Waals surface area contributed by atoms with Gasteiger partial charge in [0.05, 0.1) is 17.3 Å². The average molecular weight is 359 g/mol. The summed E-state index contributed by atoms with van der Waals surface area (Å²) in [7, 11) is 0. The van der Waals surface area contributed by atoms with Crippen molar-refractivity contribution in [2.75, 3.05) is 25.0 Å². The normalized spacial score (nSPS) is 20.4. The van der Waals surface area contributed by atoms with Gasteiger partial charge in [0.1, 0.15) is 5.54 Å². The molecule has 5 heteroatoms. The van der Waals surface area contributed by atoms with E-state index in [2.05, 4.69) is 22.3 Å². The third-order valence-corrected chi connectivity index (χ3v) is 4.84. The first kappa shape index (κ1) is 17.8. The molecule has 0 spiro atoms. The van der Waals surface area contributed by atoms with E-state index in [4.69, 9.17) is 16.3 Å². The number of esters is 1. The Hall–Kier alpha value is -2.04. The predicted molar refractivity (Wildman–Crippen MR) is 101 cm³/mol. The van der Waals surface area contributed by atoms with Crippen LogP contribution in [0, 0.1) is 0 Å². The number of hydrogen-bond acceptors (Lipinski definition) is 4. The number of likely N-dealkylation sites (tertiary alicyclic amines) is 1. The number of rotatable bonds is 6. The molecule has 2 aromatic rings. The summed E-state index contributed by atoms with van der Waals surface area (Å²) >= 11 is 6.28. The number of benzene rings is 2. The number of hydrogen-bond donors (Lipinski definition) is 1. The average Bonchev–Trinajstić information content (AvgIpc) is 3.02. The standard InChI is InChI=1S/C20H23ClN2O2/c1-2-25-19(24)20(22-18-11-7-6-10-17(18)21)12-13-23(15-20)14-16-8-4-3-5-9-16/h3-11,22H,2,12-15H2,1H3. The molecule has 0 radical (unpaired) electrons. The molecule has 1 N–H and O–H groups in total. The number of nitrogens with zero attached hydrogens (tertiary/aromatic N) is 1. The third-order valence-electron chi connectivity index (χ3n) is 4.51. The van der Waals surface area contributed by atoms with Gasteiger partial charge in [-0.05, 0) is 31.0 Å². The third kappa shape index (κ3) is 4.14. The van der Waals surface area contributed by atoms with E-state index in [-0.39, 0.29) is 5.97 Å². The summed E-state index contributed by atoms with van der Waals surface area (Å²) in [6.45, 7) is 4.42. The van der Waals surface area contributed by atoms with Crippen molar-refractivity contribution in [3.63, 3.8) is 0 Å². The Bertz CT molecular complexity index is 723. The molecule has 3 rings (SSSR count). The van der Waals surface area contributed by atoms with Crippen LogP contribution in [-0.4, -0.2) is 36.1 Å². The maximum atomic E-state index is 12.7. The van der Waals surface area contributed by atoms with Gasteiger partial charge < -0.3 is 10.1 Å². The van der Waals surface area contributed by atoms with Gasteiger partial charge in [-0.15, -0.1) is 0 Å². The minimum absolute atomic E-state index is 0.217. The Labute approximate surface area is 153 Å². The number of anilines is 1. The van der Waals surface area contributed by atoms with Crippen LogP contribution in [0.25, 0.3) is 0 Å². The van der Waals surface area contributed by atoms with E-state index < -0.39 is 5.54 Å². The van der Waals surface area contributed by atoms with Crippen molar-refractivity contribution in [3.05, 3.63) is 65.2 Å². The van der Waals surface area contributed by atoms with E-state index in [0.717, 1.165) is 18.8 Å². The molecule has 1 heterocycles. The quantitative estimate of drug-likeness (QED) is 0.793. The minimum Gasteiger partial charge on any atom is -0.464 e. The Balaban J connectivity index is 1.79. The van der Waals surface area contributed by atoms with Crippen molar-refractivity contribution < 1.29 is 9.53 Å². The highest BCUT2D eigenvalue weighted by molar-refractivity contribution is 6.33. The maximum absolute atomic E-state index is 12.7. The van der Waals surface area contributed by atoms with Gasteiger partial charge in [-0.25, -0.2) is 4.79 Å². The number of halogens is 1. The molecule has 1 atom stereocenters. The first-order valence-electron chi connectivity index (χ1n) is 8.59. The monoisotopic (exact) mass is 358 g/mol. The number of ether oxygens (including phenoxy) is 1. The van der Waals surface area contributed by atoms with Crippen molar-refractivity contribution >= 4 is 23.3 Å². The molecule has 0 bridgehead atoms. The highest BCUT2D eigenvalue weighted by atomic mass is 35.5. The van der Waals surface area contributed by atoms with Crippen LogP contribution in [0.15, 0.2) is 54.6 Å². The second kappa shape index (κ2) is 7.89. The molecule has 132 valence electrons. The molecule has 0 amide bonds. The molecular formula is C20H23ClN2O2. The zero-order chi connectivity index (χ0) is 17.7. The number of nitrogens with one attached hydrogen (secondary N) is 1. The first-order chi connectivity index (χ1) is 12.1. The molecule has 1 fully saturated rings. The molecule has 1 saturated heterocycles. The van der Waals surface area contributed by atoms with E-state index in [1.54, 1.807) is 0 Å². The maximum Gasteiger partial charge on any atom is 0.333 e. The number of carbonyl (C=O) groups is 1. The van der Waals surface area contributed by atoms with E-state index in [0.29, 0.717) is 24.6 Å². The summed E-state index contributed by atoms with van der Waals surface area (Å²) in [5, 5.41) is 3.98. The SMILES string of the molecule is CCOC(=O)C1(Nc2ccccc2Cl)CCN(Cc2ccccc2)C1. The lowest BCUT2D eigenvalue weighted by atomic mass is 9.98. The summed E-state index contributed by atoms with van der Waals surface area (Å²) in [6.07, 6.45) is 0.684. The van der Waals surface area contributed by atoms with Crippen LogP contribution in [0.4, 0.5) is 5.69 Å². The molecule has 0 saturated carbocycles. The summed E-state index contributed by atoms with van der Waals surface area (Å²) in [4.78, 5) is 15.0.